The molecule has 0 aliphatic rings. The van der Waals surface area contributed by atoms with E-state index in [0.29, 0.717) is 21.8 Å². The molecule has 10 heteroatoms. The van der Waals surface area contributed by atoms with Crippen molar-refractivity contribution in [1.29, 1.82) is 0 Å². The number of rotatable bonds is 4. The van der Waals surface area contributed by atoms with Crippen molar-refractivity contribution in [3.63, 3.8) is 0 Å². The lowest BCUT2D eigenvalue weighted by Gasteiger charge is -2.12. The first kappa shape index (κ1) is 20.3. The van der Waals surface area contributed by atoms with E-state index in [0.717, 1.165) is 5.52 Å². The van der Waals surface area contributed by atoms with Crippen LogP contribution in [-0.2, 0) is 6.54 Å². The van der Waals surface area contributed by atoms with Crippen LogP contribution < -0.4 is 5.56 Å². The third-order valence-corrected chi connectivity index (χ3v) is 5.72. The molecule has 34 heavy (non-hydrogen) atoms. The summed E-state index contributed by atoms with van der Waals surface area (Å²) in [7, 11) is 0. The molecule has 0 N–H and O–H groups in total. The molecule has 0 saturated heterocycles. The zero-order valence-electron chi connectivity index (χ0n) is 17.4. The summed E-state index contributed by atoms with van der Waals surface area (Å²) in [6.07, 6.45) is 3.21. The van der Waals surface area contributed by atoms with Crippen molar-refractivity contribution in [3.05, 3.63) is 100 Å². The van der Waals surface area contributed by atoms with Crippen LogP contribution in [0.2, 0.25) is 5.02 Å². The number of nitrogens with zero attached hydrogens (tertiary/aromatic N) is 6. The van der Waals surface area contributed by atoms with Crippen LogP contribution in [-0.4, -0.2) is 29.1 Å². The van der Waals surface area contributed by atoms with Crippen molar-refractivity contribution in [2.75, 3.05) is 0 Å². The summed E-state index contributed by atoms with van der Waals surface area (Å²) in [4.78, 5) is 26.9. The summed E-state index contributed by atoms with van der Waals surface area (Å²) in [6.45, 7) is 0.238. The van der Waals surface area contributed by atoms with Crippen LogP contribution >= 0.6 is 11.6 Å². The summed E-state index contributed by atoms with van der Waals surface area (Å²) in [5.41, 5.74) is 2.87. The van der Waals surface area contributed by atoms with Crippen molar-refractivity contribution >= 4 is 28.2 Å². The van der Waals surface area contributed by atoms with E-state index in [-0.39, 0.29) is 40.8 Å². The first-order chi connectivity index (χ1) is 16.6. The molecular weight excluding hydrogens is 459 g/mol. The fourth-order valence-electron chi connectivity index (χ4n) is 3.89. The van der Waals surface area contributed by atoms with Gasteiger partial charge in [0.15, 0.2) is 5.69 Å². The molecule has 4 aromatic heterocycles. The molecule has 166 valence electrons. The lowest BCUT2D eigenvalue weighted by molar-refractivity contribution is 0.431. The second-order valence-corrected chi connectivity index (χ2v) is 8.02. The van der Waals surface area contributed by atoms with Crippen LogP contribution in [0.3, 0.4) is 0 Å². The summed E-state index contributed by atoms with van der Waals surface area (Å²) >= 11 is 6.26. The van der Waals surface area contributed by atoms with E-state index in [9.17, 15) is 9.18 Å². The summed E-state index contributed by atoms with van der Waals surface area (Å²) in [5.74, 6) is -0.0258. The van der Waals surface area contributed by atoms with Gasteiger partial charge in [-0.25, -0.2) is 9.37 Å². The van der Waals surface area contributed by atoms with Crippen LogP contribution in [0, 0.1) is 5.82 Å². The van der Waals surface area contributed by atoms with Gasteiger partial charge in [0.25, 0.3) is 11.4 Å². The Morgan fingerprint density at radius 1 is 1.00 bits per heavy atom. The van der Waals surface area contributed by atoms with Gasteiger partial charge in [-0.15, -0.1) is 0 Å². The highest BCUT2D eigenvalue weighted by Crippen LogP contribution is 2.27. The molecular formula is C24H14ClFN6O2. The highest BCUT2D eigenvalue weighted by Gasteiger charge is 2.22. The number of fused-ring (bicyclic) bond motifs is 3. The molecule has 2 aromatic carbocycles. The van der Waals surface area contributed by atoms with Gasteiger partial charge in [-0.1, -0.05) is 22.8 Å². The van der Waals surface area contributed by atoms with Gasteiger partial charge >= 0.3 is 0 Å². The number of aromatic nitrogens is 6. The molecule has 0 fully saturated rings. The minimum atomic E-state index is -0.368. The van der Waals surface area contributed by atoms with Crippen molar-refractivity contribution < 1.29 is 8.91 Å². The third kappa shape index (κ3) is 3.34. The predicted octanol–water partition coefficient (Wildman–Crippen LogP) is 4.60. The Bertz CT molecular complexity index is 1720. The monoisotopic (exact) mass is 472 g/mol. The van der Waals surface area contributed by atoms with E-state index in [1.165, 1.54) is 18.5 Å². The predicted molar refractivity (Wildman–Crippen MR) is 124 cm³/mol. The van der Waals surface area contributed by atoms with E-state index < -0.39 is 0 Å². The SMILES string of the molecule is O=c1c2c(-c3nc(-c4ccc(F)cc4)no3)ncn2c2ccc(Cl)cc2n1Cc1ccccn1. The molecule has 0 aliphatic carbocycles. The average Bonchev–Trinajstić information content (AvgIpc) is 3.51. The number of pyridine rings is 1. The first-order valence-electron chi connectivity index (χ1n) is 10.3. The van der Waals surface area contributed by atoms with E-state index in [1.54, 1.807) is 39.4 Å². The minimum Gasteiger partial charge on any atom is -0.332 e. The van der Waals surface area contributed by atoms with E-state index in [2.05, 4.69) is 20.1 Å². The lowest BCUT2D eigenvalue weighted by Crippen LogP contribution is -2.24. The quantitative estimate of drug-likeness (QED) is 0.372. The Morgan fingerprint density at radius 2 is 1.85 bits per heavy atom. The zero-order chi connectivity index (χ0) is 23.2. The molecule has 6 aromatic rings. The molecule has 0 atom stereocenters. The van der Waals surface area contributed by atoms with Gasteiger partial charge in [-0.05, 0) is 54.6 Å². The summed E-state index contributed by atoms with van der Waals surface area (Å²) in [6, 6.07) is 16.5. The minimum absolute atomic E-state index is 0.0802. The maximum atomic E-state index is 13.7. The van der Waals surface area contributed by atoms with E-state index in [4.69, 9.17) is 16.1 Å². The molecule has 0 unspecified atom stereocenters. The molecule has 0 bridgehead atoms. The van der Waals surface area contributed by atoms with Gasteiger partial charge < -0.3 is 4.52 Å². The van der Waals surface area contributed by atoms with Gasteiger partial charge in [0.05, 0.1) is 23.3 Å². The van der Waals surface area contributed by atoms with Crippen LogP contribution in [0.15, 0.2) is 82.5 Å². The van der Waals surface area contributed by atoms with Gasteiger partial charge in [0.2, 0.25) is 5.82 Å². The van der Waals surface area contributed by atoms with E-state index in [1.807, 2.05) is 24.3 Å². The second kappa shape index (κ2) is 7.89. The fourth-order valence-corrected chi connectivity index (χ4v) is 4.06. The van der Waals surface area contributed by atoms with Crippen molar-refractivity contribution in [2.24, 2.45) is 0 Å². The average molecular weight is 473 g/mol. The van der Waals surface area contributed by atoms with Crippen LogP contribution in [0.4, 0.5) is 4.39 Å². The number of halogens is 2. The smallest absolute Gasteiger partial charge is 0.279 e. The normalized spacial score (nSPS) is 11.5. The van der Waals surface area contributed by atoms with Crippen molar-refractivity contribution in [2.45, 2.75) is 6.54 Å². The van der Waals surface area contributed by atoms with Gasteiger partial charge in [0, 0.05) is 16.8 Å². The molecule has 4 heterocycles. The molecule has 0 radical (unpaired) electrons. The molecule has 6 rings (SSSR count). The number of hydrogen-bond acceptors (Lipinski definition) is 6. The standard InChI is InChI=1S/C24H14ClFN6O2/c25-15-6-9-18-19(11-15)31(12-17-3-1-2-10-27-17)24(33)21-20(28-13-32(18)21)23-29-22(30-34-23)14-4-7-16(26)8-5-14/h1-11,13H,12H2. The number of hydrogen-bond donors (Lipinski definition) is 0. The van der Waals surface area contributed by atoms with Gasteiger partial charge in [0.1, 0.15) is 17.7 Å². The van der Waals surface area contributed by atoms with E-state index >= 15 is 0 Å². The van der Waals surface area contributed by atoms with Gasteiger partial charge in [-0.2, -0.15) is 4.98 Å². The summed E-state index contributed by atoms with van der Waals surface area (Å²) in [5, 5.41) is 4.48. The fraction of sp³-hybridized carbons (Fsp3) is 0.0417. The largest absolute Gasteiger partial charge is 0.332 e. The maximum absolute atomic E-state index is 13.7. The topological polar surface area (TPSA) is 91.1 Å². The van der Waals surface area contributed by atoms with Crippen molar-refractivity contribution in [1.82, 2.24) is 29.1 Å². The highest BCUT2D eigenvalue weighted by atomic mass is 35.5. The van der Waals surface area contributed by atoms with Crippen LogP contribution in [0.1, 0.15) is 5.69 Å². The van der Waals surface area contributed by atoms with Crippen LogP contribution in [0.25, 0.3) is 39.5 Å². The van der Waals surface area contributed by atoms with Crippen LogP contribution in [0.5, 0.6) is 0 Å². The Balaban J connectivity index is 1.56. The second-order valence-electron chi connectivity index (χ2n) is 7.59. The molecule has 8 nitrogen and oxygen atoms in total. The number of imidazole rings is 1. The lowest BCUT2D eigenvalue weighted by atomic mass is 10.2. The Labute approximate surface area is 195 Å². The summed E-state index contributed by atoms with van der Waals surface area (Å²) < 4.78 is 22.0. The third-order valence-electron chi connectivity index (χ3n) is 5.48. The molecule has 0 amide bonds. The maximum Gasteiger partial charge on any atom is 0.279 e. The molecule has 0 aliphatic heterocycles. The Kier molecular flexibility index (Phi) is 4.70. The Morgan fingerprint density at radius 3 is 2.65 bits per heavy atom. The highest BCUT2D eigenvalue weighted by molar-refractivity contribution is 6.31. The molecule has 0 saturated carbocycles. The van der Waals surface area contributed by atoms with Gasteiger partial charge in [-0.3, -0.25) is 18.7 Å². The zero-order valence-corrected chi connectivity index (χ0v) is 18.1. The number of benzene rings is 2. The first-order valence-corrected chi connectivity index (χ1v) is 10.7. The Hall–Kier alpha value is -4.37. The molecule has 0 spiro atoms. The van der Waals surface area contributed by atoms with Crippen molar-refractivity contribution in [3.8, 4) is 23.0 Å².